The minimum absolute atomic E-state index is 0.300. The summed E-state index contributed by atoms with van der Waals surface area (Å²) in [5, 5.41) is 9.51. The molecule has 0 aliphatic heterocycles. The molecule has 39 heavy (non-hydrogen) atoms. The fraction of sp³-hybridized carbons (Fsp3) is 0.455. The van der Waals surface area contributed by atoms with E-state index in [1.807, 2.05) is 24.5 Å². The molecule has 3 aromatic rings. The van der Waals surface area contributed by atoms with Crippen molar-refractivity contribution < 1.29 is 14.3 Å². The maximum Gasteiger partial charge on any atom is 0.343 e. The van der Waals surface area contributed by atoms with Crippen LogP contribution in [0.15, 0.2) is 54.9 Å². The molecule has 6 heteroatoms. The molecule has 0 radical (unpaired) electrons. The van der Waals surface area contributed by atoms with Crippen molar-refractivity contribution in [1.82, 2.24) is 9.97 Å². The lowest BCUT2D eigenvalue weighted by Gasteiger charge is -2.10. The molecule has 0 bridgehead atoms. The molecule has 206 valence electrons. The smallest absolute Gasteiger partial charge is 0.343 e. The molecule has 0 saturated heterocycles. The van der Waals surface area contributed by atoms with Gasteiger partial charge in [-0.15, -0.1) is 0 Å². The average Bonchev–Trinajstić information content (AvgIpc) is 2.97. The first-order valence-corrected chi connectivity index (χ1v) is 14.4. The molecular weight excluding hydrogens is 486 g/mol. The van der Waals surface area contributed by atoms with Gasteiger partial charge in [0.2, 0.25) is 0 Å². The molecule has 0 unspecified atom stereocenters. The lowest BCUT2D eigenvalue weighted by Crippen LogP contribution is -2.09. The zero-order valence-corrected chi connectivity index (χ0v) is 23.5. The molecule has 2 aromatic carbocycles. The van der Waals surface area contributed by atoms with Crippen LogP contribution in [0.4, 0.5) is 0 Å². The van der Waals surface area contributed by atoms with Crippen molar-refractivity contribution in [3.05, 3.63) is 71.5 Å². The third-order valence-electron chi connectivity index (χ3n) is 6.69. The van der Waals surface area contributed by atoms with Gasteiger partial charge in [0.15, 0.2) is 5.82 Å². The van der Waals surface area contributed by atoms with Gasteiger partial charge >= 0.3 is 5.97 Å². The Labute approximate surface area is 233 Å². The van der Waals surface area contributed by atoms with Crippen molar-refractivity contribution in [2.24, 2.45) is 0 Å². The van der Waals surface area contributed by atoms with E-state index in [0.29, 0.717) is 35.1 Å². The Morgan fingerprint density at radius 2 is 1.46 bits per heavy atom. The summed E-state index contributed by atoms with van der Waals surface area (Å²) >= 11 is 0. The second kappa shape index (κ2) is 17.0. The van der Waals surface area contributed by atoms with Crippen molar-refractivity contribution in [3.63, 3.8) is 0 Å². The minimum Gasteiger partial charge on any atom is -0.492 e. The Balaban J connectivity index is 1.49. The van der Waals surface area contributed by atoms with Gasteiger partial charge in [0.1, 0.15) is 17.6 Å². The Kier molecular flexibility index (Phi) is 13.0. The maximum atomic E-state index is 12.7. The van der Waals surface area contributed by atoms with Crippen molar-refractivity contribution in [3.8, 4) is 29.0 Å². The fourth-order valence-electron chi connectivity index (χ4n) is 4.34. The molecule has 0 N–H and O–H groups in total. The first-order chi connectivity index (χ1) is 19.1. The van der Waals surface area contributed by atoms with Gasteiger partial charge in [0.25, 0.3) is 0 Å². The van der Waals surface area contributed by atoms with Crippen LogP contribution in [0.2, 0.25) is 0 Å². The summed E-state index contributed by atoms with van der Waals surface area (Å²) in [6.07, 6.45) is 18.2. The number of esters is 1. The van der Waals surface area contributed by atoms with Crippen LogP contribution >= 0.6 is 0 Å². The summed E-state index contributed by atoms with van der Waals surface area (Å²) in [5.74, 6) is 1.01. The minimum atomic E-state index is -0.528. The first-order valence-electron chi connectivity index (χ1n) is 14.4. The SMILES string of the molecule is CCCCCCCCCc1cnc(-c2ccc(OC(=O)c3ccc(OCCCCCC)c(C#N)c3)cc2)nc1. The molecule has 1 heterocycles. The van der Waals surface area contributed by atoms with Crippen molar-refractivity contribution in [1.29, 1.82) is 5.26 Å². The van der Waals surface area contributed by atoms with Crippen LogP contribution in [-0.2, 0) is 6.42 Å². The van der Waals surface area contributed by atoms with Crippen LogP contribution in [0.5, 0.6) is 11.5 Å². The van der Waals surface area contributed by atoms with Gasteiger partial charge < -0.3 is 9.47 Å². The number of hydrogen-bond acceptors (Lipinski definition) is 6. The van der Waals surface area contributed by atoms with Gasteiger partial charge in [-0.2, -0.15) is 5.26 Å². The first kappa shape index (κ1) is 29.8. The molecule has 6 nitrogen and oxygen atoms in total. The second-order valence-corrected chi connectivity index (χ2v) is 9.93. The molecule has 0 fully saturated rings. The van der Waals surface area contributed by atoms with Crippen LogP contribution in [0.1, 0.15) is 106 Å². The largest absolute Gasteiger partial charge is 0.492 e. The Morgan fingerprint density at radius 3 is 2.13 bits per heavy atom. The Hall–Kier alpha value is -3.72. The second-order valence-electron chi connectivity index (χ2n) is 9.93. The highest BCUT2D eigenvalue weighted by Crippen LogP contribution is 2.23. The van der Waals surface area contributed by atoms with Crippen LogP contribution in [0.25, 0.3) is 11.4 Å². The molecule has 1 aromatic heterocycles. The van der Waals surface area contributed by atoms with Gasteiger partial charge in [-0.1, -0.05) is 71.6 Å². The van der Waals surface area contributed by atoms with Crippen LogP contribution in [-0.4, -0.2) is 22.5 Å². The van der Waals surface area contributed by atoms with Gasteiger partial charge in [0, 0.05) is 18.0 Å². The number of nitriles is 1. The molecule has 0 spiro atoms. The number of nitrogens with zero attached hydrogens (tertiary/aromatic N) is 3. The number of unbranched alkanes of at least 4 members (excludes halogenated alkanes) is 9. The van der Waals surface area contributed by atoms with E-state index >= 15 is 0 Å². The lowest BCUT2D eigenvalue weighted by atomic mass is 10.1. The highest BCUT2D eigenvalue weighted by atomic mass is 16.5. The number of carbonyl (C=O) groups is 1. The lowest BCUT2D eigenvalue weighted by molar-refractivity contribution is 0.0734. The molecule has 0 amide bonds. The molecule has 3 rings (SSSR count). The zero-order valence-electron chi connectivity index (χ0n) is 23.5. The highest BCUT2D eigenvalue weighted by Gasteiger charge is 2.13. The van der Waals surface area contributed by atoms with Crippen LogP contribution in [0.3, 0.4) is 0 Å². The molecule has 0 saturated carbocycles. The standard InChI is InChI=1S/C33H41N3O3/c1-3-5-7-9-10-11-12-14-26-24-35-32(36-25-26)27-15-18-30(19-16-27)39-33(37)28-17-20-31(29(22-28)23-34)38-21-13-8-6-4-2/h15-20,22,24-25H,3-14,21H2,1-2H3. The van der Waals surface area contributed by atoms with E-state index in [-0.39, 0.29) is 0 Å². The van der Waals surface area contributed by atoms with Crippen molar-refractivity contribution in [2.75, 3.05) is 6.61 Å². The molecule has 0 atom stereocenters. The number of hydrogen-bond donors (Lipinski definition) is 0. The van der Waals surface area contributed by atoms with Crippen LogP contribution in [0, 0.1) is 11.3 Å². The fourth-order valence-corrected chi connectivity index (χ4v) is 4.34. The van der Waals surface area contributed by atoms with E-state index in [0.717, 1.165) is 36.8 Å². The highest BCUT2D eigenvalue weighted by molar-refractivity contribution is 5.91. The van der Waals surface area contributed by atoms with E-state index in [9.17, 15) is 10.1 Å². The summed E-state index contributed by atoms with van der Waals surface area (Å²) < 4.78 is 11.3. The summed E-state index contributed by atoms with van der Waals surface area (Å²) in [4.78, 5) is 21.8. The normalized spacial score (nSPS) is 10.7. The number of benzene rings is 2. The van der Waals surface area contributed by atoms with Crippen molar-refractivity contribution >= 4 is 5.97 Å². The van der Waals surface area contributed by atoms with E-state index in [4.69, 9.17) is 9.47 Å². The third-order valence-corrected chi connectivity index (χ3v) is 6.69. The van der Waals surface area contributed by atoms with E-state index in [2.05, 4.69) is 29.9 Å². The summed E-state index contributed by atoms with van der Waals surface area (Å²) in [7, 11) is 0. The quantitative estimate of drug-likeness (QED) is 0.0994. The monoisotopic (exact) mass is 527 g/mol. The number of ether oxygens (including phenoxy) is 2. The summed E-state index contributed by atoms with van der Waals surface area (Å²) in [6.45, 7) is 4.95. The van der Waals surface area contributed by atoms with E-state index < -0.39 is 5.97 Å². The zero-order chi connectivity index (χ0) is 27.7. The summed E-state index contributed by atoms with van der Waals surface area (Å²) in [5.41, 5.74) is 2.63. The Bertz CT molecular complexity index is 1180. The van der Waals surface area contributed by atoms with Gasteiger partial charge in [-0.05, 0) is 67.3 Å². The predicted molar refractivity (Wildman–Crippen MR) is 155 cm³/mol. The van der Waals surface area contributed by atoms with Gasteiger partial charge in [0.05, 0.1) is 17.7 Å². The van der Waals surface area contributed by atoms with Gasteiger partial charge in [-0.25, -0.2) is 14.8 Å². The van der Waals surface area contributed by atoms with Crippen LogP contribution < -0.4 is 9.47 Å². The van der Waals surface area contributed by atoms with Gasteiger partial charge in [-0.3, -0.25) is 0 Å². The number of aryl methyl sites for hydroxylation is 1. The number of rotatable bonds is 17. The number of aromatic nitrogens is 2. The molecule has 0 aliphatic rings. The van der Waals surface area contributed by atoms with E-state index in [1.54, 1.807) is 24.3 Å². The Morgan fingerprint density at radius 1 is 0.821 bits per heavy atom. The average molecular weight is 528 g/mol. The topological polar surface area (TPSA) is 85.1 Å². The van der Waals surface area contributed by atoms with Crippen molar-refractivity contribution in [2.45, 2.75) is 90.9 Å². The molecular formula is C33H41N3O3. The maximum absolute atomic E-state index is 12.7. The third kappa shape index (κ3) is 10.2. The number of carbonyl (C=O) groups excluding carboxylic acids is 1. The molecule has 0 aliphatic carbocycles. The van der Waals surface area contributed by atoms with E-state index in [1.165, 1.54) is 57.4 Å². The summed E-state index contributed by atoms with van der Waals surface area (Å²) in [6, 6.07) is 14.0. The predicted octanol–water partition coefficient (Wildman–Crippen LogP) is 8.49.